The molecule has 0 heterocycles. The zero-order chi connectivity index (χ0) is 5.91. The summed E-state index contributed by atoms with van der Waals surface area (Å²) < 4.78 is 0. The molecule has 0 saturated carbocycles. The summed E-state index contributed by atoms with van der Waals surface area (Å²) >= 11 is 0. The number of aliphatic hydroxyl groups is 2. The van der Waals surface area contributed by atoms with E-state index < -0.39 is 5.79 Å². The summed E-state index contributed by atoms with van der Waals surface area (Å²) in [5, 5.41) is 16.8. The maximum absolute atomic E-state index is 8.39. The third-order valence-corrected chi connectivity index (χ3v) is 0.471. The molecule has 7 heavy (non-hydrogen) atoms. The van der Waals surface area contributed by atoms with Gasteiger partial charge in [-0.3, -0.25) is 0 Å². The van der Waals surface area contributed by atoms with Gasteiger partial charge < -0.3 is 10.2 Å². The minimum Gasteiger partial charge on any atom is -0.365 e. The van der Waals surface area contributed by atoms with Crippen LogP contribution in [0.3, 0.4) is 0 Å². The molecule has 41 valence electrons. The molecule has 0 atom stereocenters. The van der Waals surface area contributed by atoms with Crippen LogP contribution in [-0.2, 0) is 0 Å². The van der Waals surface area contributed by atoms with Crippen LogP contribution in [0.25, 0.3) is 0 Å². The lowest BCUT2D eigenvalue weighted by molar-refractivity contribution is -0.117. The Morgan fingerprint density at radius 1 is 1.57 bits per heavy atom. The van der Waals surface area contributed by atoms with Crippen LogP contribution in [0.15, 0.2) is 12.7 Å². The van der Waals surface area contributed by atoms with Crippen molar-refractivity contribution in [1.29, 1.82) is 0 Å². The molecule has 0 unspecified atom stereocenters. The molecule has 0 bridgehead atoms. The second-order valence-electron chi connectivity index (χ2n) is 1.48. The Morgan fingerprint density at radius 2 is 2.00 bits per heavy atom. The summed E-state index contributed by atoms with van der Waals surface area (Å²) in [5.41, 5.74) is 0. The molecule has 0 rings (SSSR count). The highest BCUT2D eigenvalue weighted by Gasteiger charge is 2.10. The molecular formula is C5H9O2. The van der Waals surface area contributed by atoms with E-state index in [0.717, 1.165) is 0 Å². The van der Waals surface area contributed by atoms with Gasteiger partial charge in [0.1, 0.15) is 0 Å². The molecule has 0 spiro atoms. The van der Waals surface area contributed by atoms with E-state index in [9.17, 15) is 0 Å². The van der Waals surface area contributed by atoms with Crippen molar-refractivity contribution in [2.24, 2.45) is 0 Å². The molecule has 1 radical (unpaired) electrons. The smallest absolute Gasteiger partial charge is 0.166 e. The largest absolute Gasteiger partial charge is 0.365 e. The molecule has 0 aromatic rings. The van der Waals surface area contributed by atoms with Crippen LogP contribution < -0.4 is 0 Å². The Bertz CT molecular complexity index is 61.0. The van der Waals surface area contributed by atoms with Gasteiger partial charge in [-0.05, 0) is 0 Å². The van der Waals surface area contributed by atoms with Crippen molar-refractivity contribution in [3.63, 3.8) is 0 Å². The second kappa shape index (κ2) is 2.09. The summed E-state index contributed by atoms with van der Waals surface area (Å²) in [6.45, 7) is 6.29. The van der Waals surface area contributed by atoms with Gasteiger partial charge in [-0.2, -0.15) is 0 Å². The minimum absolute atomic E-state index is 0.104. The van der Waals surface area contributed by atoms with Crippen molar-refractivity contribution in [1.82, 2.24) is 0 Å². The highest BCUT2D eigenvalue weighted by atomic mass is 16.5. The van der Waals surface area contributed by atoms with Crippen LogP contribution in [0.5, 0.6) is 0 Å². The van der Waals surface area contributed by atoms with Crippen LogP contribution in [0.1, 0.15) is 6.42 Å². The molecule has 0 fully saturated rings. The third kappa shape index (κ3) is 5.66. The van der Waals surface area contributed by atoms with Crippen molar-refractivity contribution >= 4 is 0 Å². The monoisotopic (exact) mass is 101 g/mol. The quantitative estimate of drug-likeness (QED) is 0.382. The topological polar surface area (TPSA) is 40.5 Å². The molecule has 0 aliphatic heterocycles. The summed E-state index contributed by atoms with van der Waals surface area (Å²) in [5.74, 6) is -1.82. The average Bonchev–Trinajstić information content (AvgIpc) is 1.30. The van der Waals surface area contributed by atoms with Crippen molar-refractivity contribution in [2.75, 3.05) is 0 Å². The lowest BCUT2D eigenvalue weighted by Crippen LogP contribution is -2.21. The molecule has 0 aromatic heterocycles. The highest BCUT2D eigenvalue weighted by molar-refractivity contribution is 4.78. The molecule has 0 amide bonds. The van der Waals surface area contributed by atoms with Crippen LogP contribution in [0.2, 0.25) is 0 Å². The summed E-state index contributed by atoms with van der Waals surface area (Å²) in [7, 11) is 0. The van der Waals surface area contributed by atoms with E-state index >= 15 is 0 Å². The summed E-state index contributed by atoms with van der Waals surface area (Å²) in [4.78, 5) is 0. The average molecular weight is 101 g/mol. The first-order valence-electron chi connectivity index (χ1n) is 1.97. The van der Waals surface area contributed by atoms with Gasteiger partial charge in [0.25, 0.3) is 0 Å². The van der Waals surface area contributed by atoms with E-state index in [1.165, 1.54) is 6.08 Å². The predicted octanol–water partition coefficient (Wildman–Crippen LogP) is 0.0775. The summed E-state index contributed by atoms with van der Waals surface area (Å²) in [6.07, 6.45) is 1.50. The zero-order valence-corrected chi connectivity index (χ0v) is 4.09. The van der Waals surface area contributed by atoms with E-state index in [1.807, 2.05) is 0 Å². The van der Waals surface area contributed by atoms with Crippen molar-refractivity contribution in [2.45, 2.75) is 12.2 Å². The summed E-state index contributed by atoms with van der Waals surface area (Å²) in [6, 6.07) is 0. The maximum Gasteiger partial charge on any atom is 0.166 e. The fourth-order valence-corrected chi connectivity index (χ4v) is 0.231. The SMILES string of the molecule is [CH2]C(O)(O)CC=C. The Balaban J connectivity index is 3.34. The van der Waals surface area contributed by atoms with E-state index in [2.05, 4.69) is 13.5 Å². The lowest BCUT2D eigenvalue weighted by atomic mass is 10.2. The van der Waals surface area contributed by atoms with Gasteiger partial charge in [-0.15, -0.1) is 6.58 Å². The van der Waals surface area contributed by atoms with Gasteiger partial charge in [0.05, 0.1) is 0 Å². The molecule has 0 saturated heterocycles. The fourth-order valence-electron chi connectivity index (χ4n) is 0.231. The molecule has 2 nitrogen and oxygen atoms in total. The molecule has 2 N–H and O–H groups in total. The third-order valence-electron chi connectivity index (χ3n) is 0.471. The first-order chi connectivity index (χ1) is 3.06. The normalized spacial score (nSPS) is 11.3. The number of rotatable bonds is 2. The number of hydrogen-bond donors (Lipinski definition) is 2. The lowest BCUT2D eigenvalue weighted by Gasteiger charge is -2.10. The van der Waals surface area contributed by atoms with E-state index in [1.54, 1.807) is 0 Å². The molecule has 0 aliphatic carbocycles. The fraction of sp³-hybridized carbons (Fsp3) is 0.400. The molecular weight excluding hydrogens is 92.1 g/mol. The maximum atomic E-state index is 8.39. The zero-order valence-electron chi connectivity index (χ0n) is 4.09. The first-order valence-corrected chi connectivity index (χ1v) is 1.97. The Hall–Kier alpha value is -0.340. The van der Waals surface area contributed by atoms with E-state index in [4.69, 9.17) is 10.2 Å². The second-order valence-corrected chi connectivity index (χ2v) is 1.48. The number of hydrogen-bond acceptors (Lipinski definition) is 2. The van der Waals surface area contributed by atoms with Crippen LogP contribution in [0, 0.1) is 6.92 Å². The Labute approximate surface area is 43.1 Å². The Morgan fingerprint density at radius 3 is 2.00 bits per heavy atom. The first kappa shape index (κ1) is 6.66. The van der Waals surface area contributed by atoms with Crippen LogP contribution in [0.4, 0.5) is 0 Å². The molecule has 2 heteroatoms. The van der Waals surface area contributed by atoms with Crippen molar-refractivity contribution in [3.8, 4) is 0 Å². The van der Waals surface area contributed by atoms with Crippen LogP contribution >= 0.6 is 0 Å². The van der Waals surface area contributed by atoms with E-state index in [-0.39, 0.29) is 6.42 Å². The minimum atomic E-state index is -1.82. The van der Waals surface area contributed by atoms with Gasteiger partial charge in [-0.1, -0.05) is 6.08 Å². The Kier molecular flexibility index (Phi) is 1.99. The van der Waals surface area contributed by atoms with Gasteiger partial charge >= 0.3 is 0 Å². The predicted molar refractivity (Wildman–Crippen MR) is 27.3 cm³/mol. The van der Waals surface area contributed by atoms with Gasteiger partial charge in [0.15, 0.2) is 5.79 Å². The molecule has 0 aromatic carbocycles. The van der Waals surface area contributed by atoms with E-state index in [0.29, 0.717) is 0 Å². The standard InChI is InChI=1S/C5H9O2/c1-3-4-5(2,6)7/h3,6-7H,1-2,4H2. The van der Waals surface area contributed by atoms with Crippen molar-refractivity contribution < 1.29 is 10.2 Å². The highest BCUT2D eigenvalue weighted by Crippen LogP contribution is 2.01. The van der Waals surface area contributed by atoms with Crippen LogP contribution in [-0.4, -0.2) is 16.0 Å². The van der Waals surface area contributed by atoms with Crippen molar-refractivity contribution in [3.05, 3.63) is 19.6 Å². The molecule has 0 aliphatic rings. The van der Waals surface area contributed by atoms with Gasteiger partial charge in [0.2, 0.25) is 0 Å². The van der Waals surface area contributed by atoms with Gasteiger partial charge in [-0.25, -0.2) is 0 Å². The van der Waals surface area contributed by atoms with Gasteiger partial charge in [0, 0.05) is 13.3 Å².